The zero-order valence-corrected chi connectivity index (χ0v) is 16.5. The molecule has 0 atom stereocenters. The molecular formula is C18H17BrF3NO3S. The minimum atomic E-state index is -4.39. The van der Waals surface area contributed by atoms with E-state index in [1.807, 2.05) is 0 Å². The third-order valence-electron chi connectivity index (χ3n) is 3.64. The average molecular weight is 464 g/mol. The van der Waals surface area contributed by atoms with E-state index in [1.54, 1.807) is 24.3 Å². The van der Waals surface area contributed by atoms with Crippen molar-refractivity contribution in [3.63, 3.8) is 0 Å². The summed E-state index contributed by atoms with van der Waals surface area (Å²) < 4.78 is 62.4. The predicted molar refractivity (Wildman–Crippen MR) is 99.8 cm³/mol. The molecule has 0 aliphatic rings. The second-order valence-corrected chi connectivity index (χ2v) is 8.94. The van der Waals surface area contributed by atoms with E-state index in [-0.39, 0.29) is 12.3 Å². The van der Waals surface area contributed by atoms with E-state index in [0.717, 1.165) is 16.6 Å². The first kappa shape index (κ1) is 21.4. The van der Waals surface area contributed by atoms with Crippen molar-refractivity contribution >= 4 is 31.7 Å². The van der Waals surface area contributed by atoms with Crippen molar-refractivity contribution < 1.29 is 26.4 Å². The molecule has 0 spiro atoms. The Morgan fingerprint density at radius 2 is 1.70 bits per heavy atom. The average Bonchev–Trinajstić information content (AvgIpc) is 2.53. The van der Waals surface area contributed by atoms with Crippen LogP contribution in [-0.2, 0) is 33.0 Å². The van der Waals surface area contributed by atoms with Crippen LogP contribution in [0.25, 0.3) is 0 Å². The fourth-order valence-corrected chi connectivity index (χ4v) is 4.13. The van der Waals surface area contributed by atoms with Gasteiger partial charge in [0.1, 0.15) is 5.75 Å². The molecule has 0 fully saturated rings. The summed E-state index contributed by atoms with van der Waals surface area (Å²) in [6.07, 6.45) is -4.09. The van der Waals surface area contributed by atoms with E-state index in [1.165, 1.54) is 12.1 Å². The molecule has 0 bridgehead atoms. The molecule has 4 nitrogen and oxygen atoms in total. The van der Waals surface area contributed by atoms with Gasteiger partial charge in [-0.3, -0.25) is 4.79 Å². The number of benzene rings is 2. The van der Waals surface area contributed by atoms with Gasteiger partial charge in [0, 0.05) is 11.0 Å². The van der Waals surface area contributed by atoms with Gasteiger partial charge >= 0.3 is 6.18 Å². The smallest absolute Gasteiger partial charge is 0.355 e. The highest BCUT2D eigenvalue weighted by molar-refractivity contribution is 9.10. The molecule has 2 rings (SSSR count). The van der Waals surface area contributed by atoms with Crippen LogP contribution in [0.15, 0.2) is 53.0 Å². The third-order valence-corrected chi connectivity index (χ3v) is 5.61. The van der Waals surface area contributed by atoms with Crippen LogP contribution in [0.1, 0.15) is 16.7 Å². The van der Waals surface area contributed by atoms with Crippen LogP contribution in [0.5, 0.6) is 0 Å². The Morgan fingerprint density at radius 1 is 1.04 bits per heavy atom. The number of hydrogen-bond acceptors (Lipinski definition) is 3. The second-order valence-electron chi connectivity index (χ2n) is 5.96. The largest absolute Gasteiger partial charge is 0.416 e. The quantitative estimate of drug-likeness (QED) is 0.679. The van der Waals surface area contributed by atoms with Gasteiger partial charge in [-0.15, -0.1) is 0 Å². The first-order valence-corrected chi connectivity index (χ1v) is 10.5. The summed E-state index contributed by atoms with van der Waals surface area (Å²) in [5.74, 6) is -1.54. The van der Waals surface area contributed by atoms with E-state index in [9.17, 15) is 26.4 Å². The fourth-order valence-electron chi connectivity index (χ4n) is 2.39. The van der Waals surface area contributed by atoms with E-state index in [2.05, 4.69) is 21.2 Å². The van der Waals surface area contributed by atoms with Crippen molar-refractivity contribution in [3.8, 4) is 0 Å². The zero-order valence-electron chi connectivity index (χ0n) is 14.1. The lowest BCUT2D eigenvalue weighted by molar-refractivity contribution is -0.137. The van der Waals surface area contributed by atoms with Crippen LogP contribution in [0.2, 0.25) is 0 Å². The van der Waals surface area contributed by atoms with Gasteiger partial charge in [-0.1, -0.05) is 40.2 Å². The molecule has 2 aromatic rings. The number of nitrogens with one attached hydrogen (secondary N) is 1. The Labute approximate surface area is 163 Å². The summed E-state index contributed by atoms with van der Waals surface area (Å²) in [6, 6.07) is 11.4. The number of alkyl halides is 3. The highest BCUT2D eigenvalue weighted by Gasteiger charge is 2.29. The van der Waals surface area contributed by atoms with Crippen molar-refractivity contribution in [1.29, 1.82) is 0 Å². The molecular weight excluding hydrogens is 447 g/mol. The standard InChI is InChI=1S/C18H17BrF3NO3S/c19-16-3-1-2-14(10-16)11-27(25,26)12-17(24)23-9-8-13-4-6-15(7-5-13)18(20,21)22/h1-7,10H,8-9,11-12H2,(H,23,24). The van der Waals surface area contributed by atoms with Crippen molar-refractivity contribution in [2.75, 3.05) is 12.3 Å². The Kier molecular flexibility index (Phi) is 7.05. The molecule has 0 aliphatic carbocycles. The second kappa shape index (κ2) is 8.88. The third kappa shape index (κ3) is 7.34. The van der Waals surface area contributed by atoms with Gasteiger partial charge in [0.25, 0.3) is 0 Å². The molecule has 1 N–H and O–H groups in total. The first-order chi connectivity index (χ1) is 12.5. The van der Waals surface area contributed by atoms with Crippen LogP contribution in [0, 0.1) is 0 Å². The van der Waals surface area contributed by atoms with Gasteiger partial charge in [0.15, 0.2) is 9.84 Å². The Balaban J connectivity index is 1.81. The maximum Gasteiger partial charge on any atom is 0.416 e. The van der Waals surface area contributed by atoms with E-state index in [0.29, 0.717) is 17.5 Å². The van der Waals surface area contributed by atoms with Gasteiger partial charge < -0.3 is 5.32 Å². The molecule has 0 heterocycles. The lowest BCUT2D eigenvalue weighted by Gasteiger charge is -2.09. The molecule has 0 radical (unpaired) electrons. The molecule has 146 valence electrons. The topological polar surface area (TPSA) is 63.2 Å². The van der Waals surface area contributed by atoms with E-state index >= 15 is 0 Å². The number of rotatable bonds is 7. The SMILES string of the molecule is O=C(CS(=O)(=O)Cc1cccc(Br)c1)NCCc1ccc(C(F)(F)F)cc1. The van der Waals surface area contributed by atoms with Crippen molar-refractivity contribution in [3.05, 3.63) is 69.7 Å². The minimum absolute atomic E-state index is 0.136. The lowest BCUT2D eigenvalue weighted by atomic mass is 10.1. The maximum atomic E-state index is 12.5. The molecule has 9 heteroatoms. The molecule has 2 aromatic carbocycles. The first-order valence-electron chi connectivity index (χ1n) is 7.93. The van der Waals surface area contributed by atoms with E-state index in [4.69, 9.17) is 0 Å². The Bertz CT molecular complexity index is 897. The van der Waals surface area contributed by atoms with Crippen LogP contribution < -0.4 is 5.32 Å². The number of halogens is 4. The summed E-state index contributed by atoms with van der Waals surface area (Å²) in [5.41, 5.74) is 0.441. The molecule has 27 heavy (non-hydrogen) atoms. The predicted octanol–water partition coefficient (Wildman–Crippen LogP) is 3.74. The highest BCUT2D eigenvalue weighted by atomic mass is 79.9. The number of hydrogen-bond donors (Lipinski definition) is 1. The number of sulfone groups is 1. The summed E-state index contributed by atoms with van der Waals surface area (Å²) in [5, 5.41) is 2.48. The van der Waals surface area contributed by atoms with Gasteiger partial charge in [-0.25, -0.2) is 8.42 Å². The number of carbonyl (C=O) groups excluding carboxylic acids is 1. The molecule has 0 saturated carbocycles. The van der Waals surface area contributed by atoms with Gasteiger partial charge in [0.2, 0.25) is 5.91 Å². The van der Waals surface area contributed by atoms with Crippen LogP contribution in [0.3, 0.4) is 0 Å². The van der Waals surface area contributed by atoms with Gasteiger partial charge in [-0.05, 0) is 41.8 Å². The monoisotopic (exact) mass is 463 g/mol. The molecule has 1 amide bonds. The van der Waals surface area contributed by atoms with Crippen molar-refractivity contribution in [1.82, 2.24) is 5.32 Å². The van der Waals surface area contributed by atoms with E-state index < -0.39 is 33.2 Å². The molecule has 0 unspecified atom stereocenters. The minimum Gasteiger partial charge on any atom is -0.355 e. The molecule has 0 aliphatic heterocycles. The normalized spacial score (nSPS) is 12.0. The lowest BCUT2D eigenvalue weighted by Crippen LogP contribution is -2.32. The van der Waals surface area contributed by atoms with Gasteiger partial charge in [0.05, 0.1) is 11.3 Å². The Hall–Kier alpha value is -1.87. The summed E-state index contributed by atoms with van der Waals surface area (Å²) in [4.78, 5) is 11.8. The number of amides is 1. The van der Waals surface area contributed by atoms with Crippen LogP contribution in [-0.4, -0.2) is 26.6 Å². The summed E-state index contributed by atoms with van der Waals surface area (Å²) in [7, 11) is -3.63. The number of carbonyl (C=O) groups is 1. The summed E-state index contributed by atoms with van der Waals surface area (Å²) >= 11 is 3.26. The van der Waals surface area contributed by atoms with Crippen molar-refractivity contribution in [2.24, 2.45) is 0 Å². The van der Waals surface area contributed by atoms with Crippen molar-refractivity contribution in [2.45, 2.75) is 18.3 Å². The zero-order chi connectivity index (χ0) is 20.1. The highest BCUT2D eigenvalue weighted by Crippen LogP contribution is 2.29. The molecule has 0 saturated heterocycles. The molecule has 0 aromatic heterocycles. The fraction of sp³-hybridized carbons (Fsp3) is 0.278. The van der Waals surface area contributed by atoms with Crippen LogP contribution >= 0.6 is 15.9 Å². The Morgan fingerprint density at radius 3 is 2.30 bits per heavy atom. The van der Waals surface area contributed by atoms with Crippen LogP contribution in [0.4, 0.5) is 13.2 Å². The maximum absolute atomic E-state index is 12.5. The van der Waals surface area contributed by atoms with Gasteiger partial charge in [-0.2, -0.15) is 13.2 Å². The summed E-state index contributed by atoms with van der Waals surface area (Å²) in [6.45, 7) is 0.136.